The zero-order chi connectivity index (χ0) is 23.4. The van der Waals surface area contributed by atoms with Crippen LogP contribution in [0.5, 0.6) is 11.5 Å². The Morgan fingerprint density at radius 2 is 1.55 bits per heavy atom. The van der Waals surface area contributed by atoms with Crippen molar-refractivity contribution >= 4 is 21.7 Å². The average Bonchev–Trinajstić information content (AvgIpc) is 3.07. The van der Waals surface area contributed by atoms with Gasteiger partial charge in [-0.1, -0.05) is 17.7 Å². The Kier molecular flexibility index (Phi) is 6.99. The van der Waals surface area contributed by atoms with Gasteiger partial charge in [-0.3, -0.25) is 9.59 Å². The van der Waals surface area contributed by atoms with E-state index in [4.69, 9.17) is 9.47 Å². The van der Waals surface area contributed by atoms with Crippen LogP contribution in [0.25, 0.3) is 0 Å². The third kappa shape index (κ3) is 5.36. The standard InChI is InChI=1S/C24H28N2O6S/c1-18-3-6-20(7-4-18)33(29,30)26-13-11-25(12-14-26)24(28)10-8-21(27)19-5-9-22-23(17-19)32-16-2-15-31-22/h3-7,9,17H,2,8,10-16H2,1H3. The first kappa shape index (κ1) is 23.3. The number of ether oxygens (including phenoxy) is 2. The van der Waals surface area contributed by atoms with Crippen molar-refractivity contribution in [3.05, 3.63) is 53.6 Å². The maximum absolute atomic E-state index is 12.8. The second kappa shape index (κ2) is 9.93. The molecule has 9 heteroatoms. The minimum atomic E-state index is -3.58. The molecule has 8 nitrogen and oxygen atoms in total. The fourth-order valence-corrected chi connectivity index (χ4v) is 5.32. The summed E-state index contributed by atoms with van der Waals surface area (Å²) in [4.78, 5) is 27.1. The number of nitrogens with zero attached hydrogens (tertiary/aromatic N) is 2. The first-order chi connectivity index (χ1) is 15.8. The van der Waals surface area contributed by atoms with Crippen LogP contribution in [0.3, 0.4) is 0 Å². The third-order valence-electron chi connectivity index (χ3n) is 5.89. The van der Waals surface area contributed by atoms with E-state index in [0.29, 0.717) is 43.4 Å². The fourth-order valence-electron chi connectivity index (χ4n) is 3.90. The molecule has 0 N–H and O–H groups in total. The van der Waals surface area contributed by atoms with Gasteiger partial charge in [0.1, 0.15) is 0 Å². The van der Waals surface area contributed by atoms with Crippen molar-refractivity contribution in [2.45, 2.75) is 31.1 Å². The van der Waals surface area contributed by atoms with Gasteiger partial charge in [-0.25, -0.2) is 8.42 Å². The van der Waals surface area contributed by atoms with Gasteiger partial charge in [0.25, 0.3) is 0 Å². The summed E-state index contributed by atoms with van der Waals surface area (Å²) in [6, 6.07) is 11.8. The number of carbonyl (C=O) groups is 2. The van der Waals surface area contributed by atoms with Gasteiger partial charge >= 0.3 is 0 Å². The number of amides is 1. The number of benzene rings is 2. The van der Waals surface area contributed by atoms with Gasteiger partial charge in [-0.05, 0) is 37.3 Å². The van der Waals surface area contributed by atoms with E-state index < -0.39 is 10.0 Å². The molecule has 2 aromatic carbocycles. The molecule has 0 radical (unpaired) electrons. The van der Waals surface area contributed by atoms with E-state index in [1.165, 1.54) is 4.31 Å². The number of carbonyl (C=O) groups excluding carboxylic acids is 2. The van der Waals surface area contributed by atoms with E-state index in [2.05, 4.69) is 0 Å². The zero-order valence-corrected chi connectivity index (χ0v) is 19.5. The van der Waals surface area contributed by atoms with E-state index in [-0.39, 0.29) is 42.5 Å². The molecular weight excluding hydrogens is 444 g/mol. The molecule has 0 bridgehead atoms. The number of aryl methyl sites for hydroxylation is 1. The summed E-state index contributed by atoms with van der Waals surface area (Å²) in [7, 11) is -3.58. The van der Waals surface area contributed by atoms with Crippen molar-refractivity contribution in [2.75, 3.05) is 39.4 Å². The Labute approximate surface area is 194 Å². The summed E-state index contributed by atoms with van der Waals surface area (Å²) in [5.74, 6) is 0.888. The number of sulfonamides is 1. The maximum atomic E-state index is 12.8. The van der Waals surface area contributed by atoms with Crippen molar-refractivity contribution < 1.29 is 27.5 Å². The van der Waals surface area contributed by atoms with Crippen LogP contribution in [0.4, 0.5) is 0 Å². The third-order valence-corrected chi connectivity index (χ3v) is 7.80. The highest BCUT2D eigenvalue weighted by Crippen LogP contribution is 2.31. The molecule has 0 atom stereocenters. The molecule has 0 saturated carbocycles. The second-order valence-electron chi connectivity index (χ2n) is 8.23. The highest BCUT2D eigenvalue weighted by Gasteiger charge is 2.30. The summed E-state index contributed by atoms with van der Waals surface area (Å²) >= 11 is 0. The number of piperazine rings is 1. The summed E-state index contributed by atoms with van der Waals surface area (Å²) in [5.41, 5.74) is 1.48. The molecular formula is C24H28N2O6S. The highest BCUT2D eigenvalue weighted by atomic mass is 32.2. The quantitative estimate of drug-likeness (QED) is 0.600. The molecule has 1 fully saturated rings. The van der Waals surface area contributed by atoms with Gasteiger partial charge < -0.3 is 14.4 Å². The Bertz CT molecular complexity index is 1120. The molecule has 0 aromatic heterocycles. The number of ketones is 1. The summed E-state index contributed by atoms with van der Waals surface area (Å²) in [6.07, 6.45) is 0.949. The molecule has 33 heavy (non-hydrogen) atoms. The zero-order valence-electron chi connectivity index (χ0n) is 18.7. The molecule has 1 amide bonds. The molecule has 0 spiro atoms. The predicted octanol–water partition coefficient (Wildman–Crippen LogP) is 2.65. The second-order valence-corrected chi connectivity index (χ2v) is 10.2. The van der Waals surface area contributed by atoms with Crippen LogP contribution in [0.2, 0.25) is 0 Å². The Morgan fingerprint density at radius 1 is 0.879 bits per heavy atom. The van der Waals surface area contributed by atoms with E-state index in [9.17, 15) is 18.0 Å². The van der Waals surface area contributed by atoms with E-state index in [0.717, 1.165) is 12.0 Å². The van der Waals surface area contributed by atoms with Gasteiger partial charge in [0.15, 0.2) is 17.3 Å². The monoisotopic (exact) mass is 472 g/mol. The number of hydrogen-bond acceptors (Lipinski definition) is 6. The molecule has 2 aliphatic rings. The van der Waals surface area contributed by atoms with Gasteiger partial charge in [-0.15, -0.1) is 0 Å². The fraction of sp³-hybridized carbons (Fsp3) is 0.417. The highest BCUT2D eigenvalue weighted by molar-refractivity contribution is 7.89. The topological polar surface area (TPSA) is 93.2 Å². The van der Waals surface area contributed by atoms with Crippen LogP contribution < -0.4 is 9.47 Å². The van der Waals surface area contributed by atoms with Crippen molar-refractivity contribution in [1.82, 2.24) is 9.21 Å². The first-order valence-electron chi connectivity index (χ1n) is 11.1. The lowest BCUT2D eigenvalue weighted by molar-refractivity contribution is -0.132. The number of hydrogen-bond donors (Lipinski definition) is 0. The minimum Gasteiger partial charge on any atom is -0.490 e. The average molecular weight is 473 g/mol. The van der Waals surface area contributed by atoms with Crippen molar-refractivity contribution in [2.24, 2.45) is 0 Å². The molecule has 176 valence electrons. The Morgan fingerprint density at radius 3 is 2.24 bits per heavy atom. The Balaban J connectivity index is 1.29. The number of rotatable bonds is 6. The van der Waals surface area contributed by atoms with Crippen LogP contribution in [0.1, 0.15) is 35.2 Å². The van der Waals surface area contributed by atoms with Crippen LogP contribution in [-0.4, -0.2) is 68.7 Å². The molecule has 0 unspecified atom stereocenters. The summed E-state index contributed by atoms with van der Waals surface area (Å²) in [5, 5.41) is 0. The SMILES string of the molecule is Cc1ccc(S(=O)(=O)N2CCN(C(=O)CCC(=O)c3ccc4c(c3)OCCCO4)CC2)cc1. The van der Waals surface area contributed by atoms with E-state index >= 15 is 0 Å². The van der Waals surface area contributed by atoms with Crippen LogP contribution in [0.15, 0.2) is 47.4 Å². The van der Waals surface area contributed by atoms with Gasteiger partial charge in [-0.2, -0.15) is 4.31 Å². The van der Waals surface area contributed by atoms with Crippen LogP contribution in [0, 0.1) is 6.92 Å². The smallest absolute Gasteiger partial charge is 0.243 e. The van der Waals surface area contributed by atoms with E-state index in [1.54, 1.807) is 47.4 Å². The maximum Gasteiger partial charge on any atom is 0.243 e. The van der Waals surface area contributed by atoms with Crippen LogP contribution in [-0.2, 0) is 14.8 Å². The van der Waals surface area contributed by atoms with Gasteiger partial charge in [0.2, 0.25) is 15.9 Å². The Hall–Kier alpha value is -2.91. The lowest BCUT2D eigenvalue weighted by atomic mass is 10.1. The molecule has 4 rings (SSSR count). The first-order valence-corrected chi connectivity index (χ1v) is 12.6. The lowest BCUT2D eigenvalue weighted by Gasteiger charge is -2.34. The summed E-state index contributed by atoms with van der Waals surface area (Å²) < 4.78 is 38.3. The predicted molar refractivity (Wildman–Crippen MR) is 122 cm³/mol. The van der Waals surface area contributed by atoms with Crippen LogP contribution >= 0.6 is 0 Å². The van der Waals surface area contributed by atoms with Crippen molar-refractivity contribution in [1.29, 1.82) is 0 Å². The number of Topliss-reactive ketones (excluding diaryl/α,β-unsaturated/α-hetero) is 1. The van der Waals surface area contributed by atoms with Crippen molar-refractivity contribution in [3.8, 4) is 11.5 Å². The number of fused-ring (bicyclic) bond motifs is 1. The minimum absolute atomic E-state index is 0.0813. The molecule has 2 aromatic rings. The van der Waals surface area contributed by atoms with Gasteiger partial charge in [0, 0.05) is 51.0 Å². The van der Waals surface area contributed by atoms with Crippen molar-refractivity contribution in [3.63, 3.8) is 0 Å². The van der Waals surface area contributed by atoms with Gasteiger partial charge in [0.05, 0.1) is 18.1 Å². The summed E-state index contributed by atoms with van der Waals surface area (Å²) in [6.45, 7) is 4.10. The van der Waals surface area contributed by atoms with E-state index in [1.807, 2.05) is 6.92 Å². The molecule has 0 aliphatic carbocycles. The largest absolute Gasteiger partial charge is 0.490 e. The lowest BCUT2D eigenvalue weighted by Crippen LogP contribution is -2.50. The normalized spacial score (nSPS) is 16.8. The molecule has 2 heterocycles. The molecule has 2 aliphatic heterocycles. The molecule has 1 saturated heterocycles.